The van der Waals surface area contributed by atoms with Crippen LogP contribution in [0, 0.1) is 0 Å². The van der Waals surface area contributed by atoms with Gasteiger partial charge >= 0.3 is 0 Å². The van der Waals surface area contributed by atoms with E-state index in [1.54, 1.807) is 10.9 Å². The maximum atomic E-state index is 12.5. The molecule has 0 aliphatic heterocycles. The molecule has 1 fully saturated rings. The number of rotatable bonds is 3. The summed E-state index contributed by atoms with van der Waals surface area (Å²) in [4.78, 5) is 12.5. The fourth-order valence-corrected chi connectivity index (χ4v) is 3.89. The molecule has 1 aromatic carbocycles. The van der Waals surface area contributed by atoms with E-state index < -0.39 is 12.1 Å². The highest BCUT2D eigenvalue weighted by Gasteiger charge is 2.32. The van der Waals surface area contributed by atoms with Gasteiger partial charge in [-0.15, -0.1) is 5.10 Å². The zero-order valence-corrected chi connectivity index (χ0v) is 14.0. The number of nitrogens with one attached hydrogen (secondary N) is 1. The minimum Gasteiger partial charge on any atom is -0.390 e. The van der Waals surface area contributed by atoms with Crippen LogP contribution in [0.2, 0.25) is 0 Å². The lowest BCUT2D eigenvalue weighted by molar-refractivity contribution is 0.0853. The SMILES string of the molecule is NC1CCC(n2cc(C(=O)N[C@@H]3c4ccccc4C[C@@H]3O)nn2)CC1. The van der Waals surface area contributed by atoms with Crippen LogP contribution in [0.4, 0.5) is 0 Å². The van der Waals surface area contributed by atoms with Crippen molar-refractivity contribution < 1.29 is 9.90 Å². The summed E-state index contributed by atoms with van der Waals surface area (Å²) in [5.74, 6) is -0.306. The number of benzene rings is 1. The van der Waals surface area contributed by atoms with Crippen LogP contribution in [0.3, 0.4) is 0 Å². The Kier molecular flexibility index (Phi) is 4.27. The molecule has 0 bridgehead atoms. The Morgan fingerprint density at radius 1 is 1.24 bits per heavy atom. The fourth-order valence-electron chi connectivity index (χ4n) is 3.89. The molecule has 2 aromatic rings. The van der Waals surface area contributed by atoms with E-state index in [1.165, 1.54) is 0 Å². The van der Waals surface area contributed by atoms with Gasteiger partial charge in [0.2, 0.25) is 0 Å². The topological polar surface area (TPSA) is 106 Å². The van der Waals surface area contributed by atoms with Crippen molar-refractivity contribution in [1.82, 2.24) is 20.3 Å². The summed E-state index contributed by atoms with van der Waals surface area (Å²) in [6.07, 6.45) is 5.49. The maximum absolute atomic E-state index is 12.5. The number of aliphatic hydroxyl groups excluding tert-OH is 1. The first-order valence-corrected chi connectivity index (χ1v) is 8.86. The molecule has 7 nitrogen and oxygen atoms in total. The molecule has 1 heterocycles. The van der Waals surface area contributed by atoms with Crippen molar-refractivity contribution >= 4 is 5.91 Å². The highest BCUT2D eigenvalue weighted by Crippen LogP contribution is 2.31. The standard InChI is InChI=1S/C18H23N5O2/c19-12-5-7-13(8-6-12)23-10-15(21-22-23)18(25)20-17-14-4-2-1-3-11(14)9-16(17)24/h1-4,10,12-13,16-17,24H,5-9,19H2,(H,20,25)/t12?,13?,16-,17+/m0/s1. The molecule has 0 radical (unpaired) electrons. The molecule has 25 heavy (non-hydrogen) atoms. The van der Waals surface area contributed by atoms with Crippen molar-refractivity contribution in [2.75, 3.05) is 0 Å². The Hall–Kier alpha value is -2.25. The third-order valence-electron chi connectivity index (χ3n) is 5.35. The largest absolute Gasteiger partial charge is 0.390 e. The third-order valence-corrected chi connectivity index (χ3v) is 5.35. The van der Waals surface area contributed by atoms with E-state index >= 15 is 0 Å². The molecule has 7 heteroatoms. The van der Waals surface area contributed by atoms with Crippen LogP contribution >= 0.6 is 0 Å². The van der Waals surface area contributed by atoms with E-state index in [0.29, 0.717) is 6.42 Å². The molecule has 2 atom stereocenters. The van der Waals surface area contributed by atoms with Crippen LogP contribution in [0.25, 0.3) is 0 Å². The predicted octanol–water partition coefficient (Wildman–Crippen LogP) is 1.11. The minimum absolute atomic E-state index is 0.256. The van der Waals surface area contributed by atoms with E-state index in [1.807, 2.05) is 24.3 Å². The predicted molar refractivity (Wildman–Crippen MR) is 91.9 cm³/mol. The summed E-state index contributed by atoms with van der Waals surface area (Å²) in [6, 6.07) is 7.91. The Morgan fingerprint density at radius 3 is 2.80 bits per heavy atom. The number of fused-ring (bicyclic) bond motifs is 1. The smallest absolute Gasteiger partial charge is 0.274 e. The van der Waals surface area contributed by atoms with E-state index in [-0.39, 0.29) is 23.7 Å². The summed E-state index contributed by atoms with van der Waals surface area (Å²) in [5.41, 5.74) is 8.26. The number of hydrogen-bond donors (Lipinski definition) is 3. The Morgan fingerprint density at radius 2 is 2.00 bits per heavy atom. The molecular weight excluding hydrogens is 318 g/mol. The number of nitrogens with zero attached hydrogens (tertiary/aromatic N) is 3. The lowest BCUT2D eigenvalue weighted by Gasteiger charge is -2.25. The van der Waals surface area contributed by atoms with Gasteiger partial charge in [0, 0.05) is 12.5 Å². The first-order valence-electron chi connectivity index (χ1n) is 8.86. The van der Waals surface area contributed by atoms with Crippen LogP contribution in [-0.4, -0.2) is 38.2 Å². The summed E-state index contributed by atoms with van der Waals surface area (Å²) in [6.45, 7) is 0. The van der Waals surface area contributed by atoms with Crippen LogP contribution in [0.15, 0.2) is 30.5 Å². The molecule has 4 rings (SSSR count). The average Bonchev–Trinajstić information content (AvgIpc) is 3.21. The van der Waals surface area contributed by atoms with E-state index in [4.69, 9.17) is 5.73 Å². The van der Waals surface area contributed by atoms with Gasteiger partial charge in [0.25, 0.3) is 5.91 Å². The quantitative estimate of drug-likeness (QED) is 0.775. The van der Waals surface area contributed by atoms with Gasteiger partial charge in [0.15, 0.2) is 5.69 Å². The monoisotopic (exact) mass is 341 g/mol. The van der Waals surface area contributed by atoms with Crippen LogP contribution in [0.1, 0.15) is 59.4 Å². The van der Waals surface area contributed by atoms with Gasteiger partial charge in [-0.05, 0) is 36.8 Å². The third kappa shape index (κ3) is 3.17. The van der Waals surface area contributed by atoms with Gasteiger partial charge in [-0.25, -0.2) is 4.68 Å². The fraction of sp³-hybridized carbons (Fsp3) is 0.500. The van der Waals surface area contributed by atoms with Gasteiger partial charge in [-0.2, -0.15) is 0 Å². The number of aromatic nitrogens is 3. The zero-order chi connectivity index (χ0) is 17.4. The van der Waals surface area contributed by atoms with Crippen molar-refractivity contribution in [2.45, 2.75) is 56.3 Å². The van der Waals surface area contributed by atoms with Gasteiger partial charge in [0.1, 0.15) is 0 Å². The molecule has 0 unspecified atom stereocenters. The number of amides is 1. The molecule has 4 N–H and O–H groups in total. The summed E-state index contributed by atoms with van der Waals surface area (Å²) >= 11 is 0. The summed E-state index contributed by atoms with van der Waals surface area (Å²) < 4.78 is 1.78. The zero-order valence-electron chi connectivity index (χ0n) is 14.0. The number of nitrogens with two attached hydrogens (primary N) is 1. The molecule has 1 aromatic heterocycles. The van der Waals surface area contributed by atoms with E-state index in [2.05, 4.69) is 15.6 Å². The molecule has 0 saturated heterocycles. The highest BCUT2D eigenvalue weighted by atomic mass is 16.3. The van der Waals surface area contributed by atoms with Crippen molar-refractivity contribution in [3.63, 3.8) is 0 Å². The first kappa shape index (κ1) is 16.2. The number of carbonyl (C=O) groups is 1. The van der Waals surface area contributed by atoms with Crippen molar-refractivity contribution in [3.05, 3.63) is 47.3 Å². The second kappa shape index (κ2) is 6.57. The van der Waals surface area contributed by atoms with E-state index in [0.717, 1.165) is 36.8 Å². The molecule has 0 spiro atoms. The molecule has 2 aliphatic rings. The average molecular weight is 341 g/mol. The van der Waals surface area contributed by atoms with Crippen molar-refractivity contribution in [2.24, 2.45) is 5.73 Å². The second-order valence-corrected chi connectivity index (χ2v) is 7.07. The lowest BCUT2D eigenvalue weighted by Crippen LogP contribution is -2.34. The van der Waals surface area contributed by atoms with E-state index in [9.17, 15) is 9.90 Å². The molecule has 1 saturated carbocycles. The Labute approximate surface area is 146 Å². The normalized spacial score (nSPS) is 28.6. The Bertz CT molecular complexity index is 766. The molecular formula is C18H23N5O2. The molecule has 132 valence electrons. The van der Waals surface area contributed by atoms with Crippen LogP contribution in [0.5, 0.6) is 0 Å². The molecule has 1 amide bonds. The lowest BCUT2D eigenvalue weighted by atomic mass is 9.92. The Balaban J connectivity index is 1.45. The number of hydrogen-bond acceptors (Lipinski definition) is 5. The number of carbonyl (C=O) groups excluding carboxylic acids is 1. The van der Waals surface area contributed by atoms with Crippen LogP contribution in [-0.2, 0) is 6.42 Å². The van der Waals surface area contributed by atoms with Gasteiger partial charge in [-0.3, -0.25) is 4.79 Å². The minimum atomic E-state index is -0.615. The number of aliphatic hydroxyl groups is 1. The molecule has 2 aliphatic carbocycles. The van der Waals surface area contributed by atoms with Crippen molar-refractivity contribution in [1.29, 1.82) is 0 Å². The van der Waals surface area contributed by atoms with Gasteiger partial charge < -0.3 is 16.2 Å². The summed E-state index contributed by atoms with van der Waals surface area (Å²) in [5, 5.41) is 21.3. The van der Waals surface area contributed by atoms with Gasteiger partial charge in [0.05, 0.1) is 24.4 Å². The first-order chi connectivity index (χ1) is 12.1. The van der Waals surface area contributed by atoms with Crippen LogP contribution < -0.4 is 11.1 Å². The van der Waals surface area contributed by atoms with Gasteiger partial charge in [-0.1, -0.05) is 29.5 Å². The highest BCUT2D eigenvalue weighted by molar-refractivity contribution is 5.92. The maximum Gasteiger partial charge on any atom is 0.274 e. The second-order valence-electron chi connectivity index (χ2n) is 7.07. The summed E-state index contributed by atoms with van der Waals surface area (Å²) in [7, 11) is 0. The van der Waals surface area contributed by atoms with Crippen molar-refractivity contribution in [3.8, 4) is 0 Å².